The zero-order chi connectivity index (χ0) is 13.8. The number of aliphatic carboxylic acids is 1. The van der Waals surface area contributed by atoms with Crippen LogP contribution in [-0.4, -0.2) is 29.2 Å². The molecule has 1 amide bonds. The Morgan fingerprint density at radius 3 is 2.53 bits per heavy atom. The Labute approximate surface area is 109 Å². The maximum atomic E-state index is 11.3. The number of carboxylic acid groups (broad SMARTS) is 1. The van der Waals surface area contributed by atoms with E-state index >= 15 is 0 Å². The molecule has 1 saturated heterocycles. The second-order valence-electron chi connectivity index (χ2n) is 4.37. The normalized spacial score (nSPS) is 19.7. The van der Waals surface area contributed by atoms with Crippen LogP contribution in [0.1, 0.15) is 12.0 Å². The van der Waals surface area contributed by atoms with Gasteiger partial charge in [-0.1, -0.05) is 30.3 Å². The number of carbonyl (C=O) groups excluding carboxylic acids is 2. The van der Waals surface area contributed by atoms with Crippen molar-refractivity contribution in [1.29, 1.82) is 0 Å². The fourth-order valence-corrected chi connectivity index (χ4v) is 2.00. The number of amides is 1. The summed E-state index contributed by atoms with van der Waals surface area (Å²) < 4.78 is 4.32. The lowest BCUT2D eigenvalue weighted by atomic mass is 9.93. The third-order valence-corrected chi connectivity index (χ3v) is 2.96. The molecule has 6 heteroatoms. The van der Waals surface area contributed by atoms with Crippen molar-refractivity contribution in [1.82, 2.24) is 5.32 Å². The minimum atomic E-state index is -1.00. The fraction of sp³-hybridized carbons (Fsp3) is 0.308. The zero-order valence-electron chi connectivity index (χ0n) is 10.0. The number of carboxylic acids is 1. The third kappa shape index (κ3) is 3.31. The van der Waals surface area contributed by atoms with Gasteiger partial charge in [0.15, 0.2) is 0 Å². The van der Waals surface area contributed by atoms with Crippen LogP contribution in [0.25, 0.3) is 0 Å². The number of esters is 1. The molecule has 2 N–H and O–H groups in total. The fourth-order valence-electron chi connectivity index (χ4n) is 2.00. The second kappa shape index (κ2) is 5.51. The molecule has 1 heterocycles. The average molecular weight is 263 g/mol. The SMILES string of the molecule is O=C1N[C@@H](CC(Cc2ccccc2)C(=O)O)C(=O)O1. The molecule has 1 aliphatic rings. The molecule has 2 rings (SSSR count). The summed E-state index contributed by atoms with van der Waals surface area (Å²) in [7, 11) is 0. The van der Waals surface area contributed by atoms with Gasteiger partial charge in [0.05, 0.1) is 5.92 Å². The number of rotatable bonds is 5. The summed E-state index contributed by atoms with van der Waals surface area (Å²) in [6.45, 7) is 0. The summed E-state index contributed by atoms with van der Waals surface area (Å²) in [6.07, 6.45) is -0.496. The average Bonchev–Trinajstić information content (AvgIpc) is 2.68. The lowest BCUT2D eigenvalue weighted by Crippen LogP contribution is -2.34. The Kier molecular flexibility index (Phi) is 3.79. The van der Waals surface area contributed by atoms with Crippen molar-refractivity contribution in [3.05, 3.63) is 35.9 Å². The van der Waals surface area contributed by atoms with Gasteiger partial charge in [-0.15, -0.1) is 0 Å². The maximum Gasteiger partial charge on any atom is 0.415 e. The van der Waals surface area contributed by atoms with Crippen molar-refractivity contribution in [3.8, 4) is 0 Å². The molecule has 0 spiro atoms. The summed E-state index contributed by atoms with van der Waals surface area (Å²) in [4.78, 5) is 33.4. The van der Waals surface area contributed by atoms with Gasteiger partial charge in [-0.25, -0.2) is 9.59 Å². The Bertz CT molecular complexity index is 499. The number of cyclic esters (lactones) is 2. The zero-order valence-corrected chi connectivity index (χ0v) is 10.0. The highest BCUT2D eigenvalue weighted by Gasteiger charge is 2.36. The number of ether oxygens (including phenoxy) is 1. The van der Waals surface area contributed by atoms with Crippen LogP contribution < -0.4 is 5.32 Å². The molecule has 0 bridgehead atoms. The van der Waals surface area contributed by atoms with Crippen molar-refractivity contribution < 1.29 is 24.2 Å². The van der Waals surface area contributed by atoms with Crippen molar-refractivity contribution in [2.24, 2.45) is 5.92 Å². The smallest absolute Gasteiger partial charge is 0.415 e. The predicted molar refractivity (Wildman–Crippen MR) is 64.3 cm³/mol. The molecule has 100 valence electrons. The topological polar surface area (TPSA) is 92.7 Å². The summed E-state index contributed by atoms with van der Waals surface area (Å²) in [6, 6.07) is 8.24. The first-order chi connectivity index (χ1) is 9.06. The van der Waals surface area contributed by atoms with Crippen LogP contribution in [0.5, 0.6) is 0 Å². The van der Waals surface area contributed by atoms with E-state index in [-0.39, 0.29) is 6.42 Å². The van der Waals surface area contributed by atoms with Crippen LogP contribution in [0.2, 0.25) is 0 Å². The first-order valence-corrected chi connectivity index (χ1v) is 5.85. The van der Waals surface area contributed by atoms with Crippen LogP contribution in [0.15, 0.2) is 30.3 Å². The van der Waals surface area contributed by atoms with Gasteiger partial charge in [-0.3, -0.25) is 4.79 Å². The maximum absolute atomic E-state index is 11.3. The minimum Gasteiger partial charge on any atom is -0.481 e. The Morgan fingerprint density at radius 2 is 2.00 bits per heavy atom. The summed E-state index contributed by atoms with van der Waals surface area (Å²) >= 11 is 0. The molecule has 1 aromatic rings. The molecule has 1 aromatic carbocycles. The van der Waals surface area contributed by atoms with E-state index in [9.17, 15) is 19.5 Å². The molecule has 19 heavy (non-hydrogen) atoms. The minimum absolute atomic E-state index is 0.0226. The lowest BCUT2D eigenvalue weighted by Gasteiger charge is -2.14. The highest BCUT2D eigenvalue weighted by molar-refractivity contribution is 5.95. The van der Waals surface area contributed by atoms with Gasteiger partial charge >= 0.3 is 18.0 Å². The Balaban J connectivity index is 2.03. The second-order valence-corrected chi connectivity index (χ2v) is 4.37. The van der Waals surface area contributed by atoms with E-state index < -0.39 is 30.0 Å². The van der Waals surface area contributed by atoms with Crippen molar-refractivity contribution >= 4 is 18.0 Å². The number of carbonyl (C=O) groups is 3. The first kappa shape index (κ1) is 13.1. The Hall–Kier alpha value is -2.37. The van der Waals surface area contributed by atoms with E-state index in [0.717, 1.165) is 5.56 Å². The first-order valence-electron chi connectivity index (χ1n) is 5.85. The van der Waals surface area contributed by atoms with E-state index in [4.69, 9.17) is 0 Å². The predicted octanol–water partition coefficient (Wildman–Crippen LogP) is 0.955. The largest absolute Gasteiger partial charge is 0.481 e. The third-order valence-electron chi connectivity index (χ3n) is 2.96. The Morgan fingerprint density at radius 1 is 1.32 bits per heavy atom. The van der Waals surface area contributed by atoms with Gasteiger partial charge in [0.1, 0.15) is 6.04 Å². The highest BCUT2D eigenvalue weighted by atomic mass is 16.6. The number of benzene rings is 1. The van der Waals surface area contributed by atoms with Crippen LogP contribution in [-0.2, 0) is 20.7 Å². The van der Waals surface area contributed by atoms with E-state index in [1.807, 2.05) is 30.3 Å². The molecule has 6 nitrogen and oxygen atoms in total. The molecule has 1 fully saturated rings. The van der Waals surface area contributed by atoms with Crippen molar-refractivity contribution in [3.63, 3.8) is 0 Å². The molecule has 2 atom stereocenters. The number of alkyl carbamates (subject to hydrolysis) is 1. The van der Waals surface area contributed by atoms with E-state index in [1.165, 1.54) is 0 Å². The molecular formula is C13H13NO5. The van der Waals surface area contributed by atoms with Crippen LogP contribution in [0, 0.1) is 5.92 Å². The molecule has 0 aromatic heterocycles. The van der Waals surface area contributed by atoms with Crippen molar-refractivity contribution in [2.75, 3.05) is 0 Å². The summed E-state index contributed by atoms with van der Waals surface area (Å²) in [5, 5.41) is 11.5. The van der Waals surface area contributed by atoms with Crippen LogP contribution >= 0.6 is 0 Å². The molecular weight excluding hydrogens is 250 g/mol. The number of nitrogens with one attached hydrogen (secondary N) is 1. The number of hydrogen-bond acceptors (Lipinski definition) is 4. The van der Waals surface area contributed by atoms with Gasteiger partial charge in [-0.05, 0) is 18.4 Å². The molecule has 1 aliphatic heterocycles. The van der Waals surface area contributed by atoms with Gasteiger partial charge in [0, 0.05) is 0 Å². The highest BCUT2D eigenvalue weighted by Crippen LogP contribution is 2.17. The summed E-state index contributed by atoms with van der Waals surface area (Å²) in [5.41, 5.74) is 0.868. The van der Waals surface area contributed by atoms with Gasteiger partial charge in [-0.2, -0.15) is 0 Å². The molecule has 1 unspecified atom stereocenters. The van der Waals surface area contributed by atoms with Gasteiger partial charge < -0.3 is 15.2 Å². The van der Waals surface area contributed by atoms with Crippen LogP contribution in [0.3, 0.4) is 0 Å². The monoisotopic (exact) mass is 263 g/mol. The van der Waals surface area contributed by atoms with Crippen molar-refractivity contribution in [2.45, 2.75) is 18.9 Å². The van der Waals surface area contributed by atoms with E-state index in [0.29, 0.717) is 6.42 Å². The standard InChI is InChI=1S/C13H13NO5/c15-11(16)9(6-8-4-2-1-3-5-8)7-10-12(17)19-13(18)14-10/h1-5,9-10H,6-7H2,(H,14,18)(H,15,16)/t9?,10-/m0/s1. The molecule has 0 aliphatic carbocycles. The van der Waals surface area contributed by atoms with Gasteiger partial charge in [0.25, 0.3) is 0 Å². The lowest BCUT2D eigenvalue weighted by molar-refractivity contribution is -0.142. The quantitative estimate of drug-likeness (QED) is 0.609. The van der Waals surface area contributed by atoms with E-state index in [1.54, 1.807) is 0 Å². The number of hydrogen-bond donors (Lipinski definition) is 2. The van der Waals surface area contributed by atoms with Gasteiger partial charge in [0.2, 0.25) is 0 Å². The van der Waals surface area contributed by atoms with E-state index in [2.05, 4.69) is 10.1 Å². The summed E-state index contributed by atoms with van der Waals surface area (Å²) in [5.74, 6) is -2.47. The molecule has 0 saturated carbocycles. The molecule has 0 radical (unpaired) electrons. The van der Waals surface area contributed by atoms with Crippen LogP contribution in [0.4, 0.5) is 4.79 Å².